The maximum absolute atomic E-state index is 14.3. The second-order valence-corrected chi connectivity index (χ2v) is 16.2. The number of likely N-dealkylation sites (tertiary alicyclic amines) is 1. The average Bonchev–Trinajstić information content (AvgIpc) is 2.96. The number of carbonyl (C=O) groups excluding carboxylic acids is 2. The maximum atomic E-state index is 14.3. The number of hydrogen-bond acceptors (Lipinski definition) is 7. The van der Waals surface area contributed by atoms with Crippen LogP contribution in [0.15, 0.2) is 53.4 Å². The topological polar surface area (TPSA) is 122 Å². The number of nitrogens with zero attached hydrogens (tertiary/aromatic N) is 4. The Morgan fingerprint density at radius 2 is 1.67 bits per heavy atom. The lowest BCUT2D eigenvalue weighted by Crippen LogP contribution is -2.52. The molecule has 0 spiro atoms. The molecule has 10 nitrogen and oxygen atoms in total. The van der Waals surface area contributed by atoms with Crippen LogP contribution in [0.2, 0.25) is 0 Å². The summed E-state index contributed by atoms with van der Waals surface area (Å²) < 4.78 is 36.0. The Bertz CT molecular complexity index is 1720. The largest absolute Gasteiger partial charge is 0.475 e. The lowest BCUT2D eigenvalue weighted by atomic mass is 9.82. The summed E-state index contributed by atoms with van der Waals surface area (Å²) in [4.78, 5) is 40.4. The van der Waals surface area contributed by atoms with E-state index >= 15 is 0 Å². The average molecular weight is 648 g/mol. The Kier molecular flexibility index (Phi) is 9.19. The number of benzene rings is 2. The number of fused-ring (bicyclic) bond motifs is 4. The summed E-state index contributed by atoms with van der Waals surface area (Å²) in [7, 11) is -4.19. The fourth-order valence-corrected chi connectivity index (χ4v) is 7.14. The first kappa shape index (κ1) is 33.4. The molecule has 2 aliphatic rings. The Morgan fingerprint density at radius 3 is 2.33 bits per heavy atom. The number of aryl methyl sites for hydroxylation is 2. The molecule has 0 saturated carbocycles. The molecule has 1 aromatic heterocycles. The summed E-state index contributed by atoms with van der Waals surface area (Å²) in [6, 6.07) is 12.9. The number of rotatable bonds is 4. The van der Waals surface area contributed by atoms with Crippen molar-refractivity contribution < 1.29 is 22.7 Å². The highest BCUT2D eigenvalue weighted by atomic mass is 32.2. The summed E-state index contributed by atoms with van der Waals surface area (Å²) in [5.41, 5.74) is 3.37. The Morgan fingerprint density at radius 1 is 1.02 bits per heavy atom. The van der Waals surface area contributed by atoms with Crippen molar-refractivity contribution >= 4 is 27.8 Å². The summed E-state index contributed by atoms with van der Waals surface area (Å²) in [5.74, 6) is -0.557. The van der Waals surface area contributed by atoms with Gasteiger partial charge in [-0.3, -0.25) is 9.59 Å². The molecule has 11 heteroatoms. The van der Waals surface area contributed by atoms with Gasteiger partial charge < -0.3 is 14.5 Å². The fourth-order valence-electron chi connectivity index (χ4n) is 6.15. The van der Waals surface area contributed by atoms with E-state index in [1.165, 1.54) is 18.2 Å². The van der Waals surface area contributed by atoms with Crippen molar-refractivity contribution in [1.29, 1.82) is 0 Å². The van der Waals surface area contributed by atoms with Crippen LogP contribution in [-0.4, -0.2) is 72.3 Å². The first-order valence-corrected chi connectivity index (χ1v) is 17.3. The predicted molar refractivity (Wildman–Crippen MR) is 178 cm³/mol. The van der Waals surface area contributed by atoms with Crippen molar-refractivity contribution in [2.75, 3.05) is 31.0 Å². The van der Waals surface area contributed by atoms with Gasteiger partial charge in [-0.2, -0.15) is 4.98 Å². The van der Waals surface area contributed by atoms with Crippen molar-refractivity contribution in [2.45, 2.75) is 78.7 Å². The van der Waals surface area contributed by atoms with E-state index in [2.05, 4.69) is 49.3 Å². The van der Waals surface area contributed by atoms with Gasteiger partial charge in [0.25, 0.3) is 15.9 Å². The SMILES string of the molecule is Cc1cccc(C)c1-c1cc2nc(n1)NS(=O)(=O)c1cccc(c1)C(=O)N(CC(=O)N1CCC(C)(C)CC1)[C@H](CC(C)(C)C)CO2. The first-order valence-electron chi connectivity index (χ1n) is 15.8. The molecule has 2 aromatic carbocycles. The van der Waals surface area contributed by atoms with Gasteiger partial charge in [-0.15, -0.1) is 0 Å². The van der Waals surface area contributed by atoms with Gasteiger partial charge in [0.05, 0.1) is 16.6 Å². The number of amides is 2. The summed E-state index contributed by atoms with van der Waals surface area (Å²) in [6.07, 6.45) is 2.29. The minimum absolute atomic E-state index is 0.0401. The zero-order chi connectivity index (χ0) is 33.4. The second-order valence-electron chi connectivity index (χ2n) is 14.5. The number of hydrogen-bond donors (Lipinski definition) is 1. The number of ether oxygens (including phenoxy) is 1. The molecule has 1 atom stereocenters. The van der Waals surface area contributed by atoms with Crippen molar-refractivity contribution in [3.05, 3.63) is 65.2 Å². The predicted octanol–water partition coefficient (Wildman–Crippen LogP) is 5.85. The van der Waals surface area contributed by atoms with Crippen LogP contribution in [0.1, 0.15) is 75.4 Å². The fraction of sp³-hybridized carbons (Fsp3) is 0.486. The molecule has 5 rings (SSSR count). The number of aromatic nitrogens is 2. The van der Waals surface area contributed by atoms with Crippen LogP contribution < -0.4 is 9.46 Å². The van der Waals surface area contributed by atoms with Crippen LogP contribution in [0.25, 0.3) is 11.3 Å². The summed E-state index contributed by atoms with van der Waals surface area (Å²) in [5, 5.41) is 0. The highest BCUT2D eigenvalue weighted by Gasteiger charge is 2.35. The van der Waals surface area contributed by atoms with Gasteiger partial charge >= 0.3 is 0 Å². The number of sulfonamides is 1. The van der Waals surface area contributed by atoms with E-state index < -0.39 is 22.0 Å². The van der Waals surface area contributed by atoms with Gasteiger partial charge in [0, 0.05) is 30.3 Å². The van der Waals surface area contributed by atoms with E-state index in [1.54, 1.807) is 17.0 Å². The molecule has 3 aromatic rings. The zero-order valence-electron chi connectivity index (χ0n) is 27.9. The molecular formula is C35H45N5O5S. The molecule has 46 heavy (non-hydrogen) atoms. The van der Waals surface area contributed by atoms with E-state index in [4.69, 9.17) is 4.74 Å². The third-order valence-electron chi connectivity index (χ3n) is 8.81. The normalized spacial score (nSPS) is 19.6. The Labute approximate surface area is 272 Å². The molecule has 246 valence electrons. The van der Waals surface area contributed by atoms with Gasteiger partial charge in [0.1, 0.15) is 13.2 Å². The second kappa shape index (κ2) is 12.7. The Hall–Kier alpha value is -3.99. The van der Waals surface area contributed by atoms with E-state index in [9.17, 15) is 18.0 Å². The molecule has 3 heterocycles. The van der Waals surface area contributed by atoms with E-state index in [0.29, 0.717) is 25.2 Å². The van der Waals surface area contributed by atoms with E-state index in [0.717, 1.165) is 29.5 Å². The molecule has 1 N–H and O–H groups in total. The monoisotopic (exact) mass is 647 g/mol. The van der Waals surface area contributed by atoms with Gasteiger partial charge in [-0.25, -0.2) is 18.1 Å². The maximum Gasteiger partial charge on any atom is 0.264 e. The number of nitrogens with one attached hydrogen (secondary N) is 1. The molecule has 4 bridgehead atoms. The van der Waals surface area contributed by atoms with Crippen LogP contribution in [0.5, 0.6) is 5.88 Å². The lowest BCUT2D eigenvalue weighted by Gasteiger charge is -2.39. The standard InChI is InChI=1S/C35H45N5O5S/c1-23-10-8-11-24(2)31(23)28-19-29-37-33(36-28)38-46(43,44)27-13-9-12-25(18-27)32(42)40(26(22-45-29)20-34(3,4)5)21-30(41)39-16-14-35(6,7)15-17-39/h8-13,18-19,26H,14-17,20-22H2,1-7H3,(H,36,37,38)/t26-/m1/s1. The molecule has 2 aliphatic heterocycles. The molecule has 0 unspecified atom stereocenters. The van der Waals surface area contributed by atoms with Crippen molar-refractivity contribution in [3.63, 3.8) is 0 Å². The van der Waals surface area contributed by atoms with Crippen molar-refractivity contribution in [1.82, 2.24) is 19.8 Å². The van der Waals surface area contributed by atoms with Crippen LogP contribution in [0.4, 0.5) is 5.95 Å². The highest BCUT2D eigenvalue weighted by molar-refractivity contribution is 7.92. The molecule has 1 fully saturated rings. The Balaban J connectivity index is 1.61. The minimum atomic E-state index is -4.19. The van der Waals surface area contributed by atoms with Crippen LogP contribution >= 0.6 is 0 Å². The van der Waals surface area contributed by atoms with Gasteiger partial charge in [0.2, 0.25) is 17.7 Å². The zero-order valence-corrected chi connectivity index (χ0v) is 28.7. The molecule has 2 amide bonds. The summed E-state index contributed by atoms with van der Waals surface area (Å²) >= 11 is 0. The van der Waals surface area contributed by atoms with Crippen molar-refractivity contribution in [3.8, 4) is 17.1 Å². The molecule has 0 radical (unpaired) electrons. The van der Waals surface area contributed by atoms with Crippen molar-refractivity contribution in [2.24, 2.45) is 10.8 Å². The molecular weight excluding hydrogens is 602 g/mol. The smallest absolute Gasteiger partial charge is 0.264 e. The van der Waals surface area contributed by atoms with Crippen LogP contribution in [-0.2, 0) is 14.8 Å². The minimum Gasteiger partial charge on any atom is -0.475 e. The van der Waals surface area contributed by atoms with Crippen LogP contribution in [0.3, 0.4) is 0 Å². The van der Waals surface area contributed by atoms with Gasteiger partial charge in [-0.05, 0) is 73.3 Å². The third-order valence-corrected chi connectivity index (χ3v) is 10.1. The highest BCUT2D eigenvalue weighted by Crippen LogP contribution is 2.32. The number of carbonyl (C=O) groups is 2. The lowest BCUT2D eigenvalue weighted by molar-refractivity contribution is -0.134. The molecule has 0 aliphatic carbocycles. The first-order chi connectivity index (χ1) is 21.5. The van der Waals surface area contributed by atoms with E-state index in [1.807, 2.05) is 36.9 Å². The number of anilines is 1. The van der Waals surface area contributed by atoms with Gasteiger partial charge in [-0.1, -0.05) is 58.9 Å². The third kappa shape index (κ3) is 7.68. The summed E-state index contributed by atoms with van der Waals surface area (Å²) in [6.45, 7) is 15.7. The van der Waals surface area contributed by atoms with E-state index in [-0.39, 0.29) is 52.2 Å². The number of piperidine rings is 1. The van der Waals surface area contributed by atoms with Gasteiger partial charge in [0.15, 0.2) is 0 Å². The van der Waals surface area contributed by atoms with Crippen LogP contribution in [0, 0.1) is 24.7 Å². The quantitative estimate of drug-likeness (QED) is 0.377. The molecule has 1 saturated heterocycles.